The van der Waals surface area contributed by atoms with Gasteiger partial charge < -0.3 is 5.32 Å². The molecule has 23 heavy (non-hydrogen) atoms. The predicted molar refractivity (Wildman–Crippen MR) is 96.5 cm³/mol. The predicted octanol–water partition coefficient (Wildman–Crippen LogP) is 5.13. The van der Waals surface area contributed by atoms with Gasteiger partial charge in [-0.25, -0.2) is 4.39 Å². The SMILES string of the molecule is Cc1cccc(C(C)C)c1NC(=O)CSCc1cccc(F)c1. The molecule has 0 bridgehead atoms. The van der Waals surface area contributed by atoms with Crippen LogP contribution in [0.15, 0.2) is 42.5 Å². The summed E-state index contributed by atoms with van der Waals surface area (Å²) in [5.74, 6) is 1.06. The Labute approximate surface area is 141 Å². The molecule has 0 radical (unpaired) electrons. The first kappa shape index (κ1) is 17.5. The van der Waals surface area contributed by atoms with Gasteiger partial charge in [-0.15, -0.1) is 11.8 Å². The maximum atomic E-state index is 13.1. The summed E-state index contributed by atoms with van der Waals surface area (Å²) < 4.78 is 13.1. The summed E-state index contributed by atoms with van der Waals surface area (Å²) in [6, 6.07) is 12.5. The van der Waals surface area contributed by atoms with Crippen molar-refractivity contribution in [1.82, 2.24) is 0 Å². The number of benzene rings is 2. The first-order chi connectivity index (χ1) is 11.0. The van der Waals surface area contributed by atoms with E-state index >= 15 is 0 Å². The van der Waals surface area contributed by atoms with E-state index in [0.29, 0.717) is 17.4 Å². The van der Waals surface area contributed by atoms with Gasteiger partial charge in [0.15, 0.2) is 0 Å². The lowest BCUT2D eigenvalue weighted by molar-refractivity contribution is -0.113. The highest BCUT2D eigenvalue weighted by Gasteiger charge is 2.12. The second-order valence-corrected chi connectivity index (χ2v) is 6.85. The van der Waals surface area contributed by atoms with Gasteiger partial charge in [0.25, 0.3) is 0 Å². The number of aryl methyl sites for hydroxylation is 1. The van der Waals surface area contributed by atoms with E-state index in [1.165, 1.54) is 23.9 Å². The van der Waals surface area contributed by atoms with Gasteiger partial charge in [0.2, 0.25) is 5.91 Å². The van der Waals surface area contributed by atoms with Gasteiger partial charge in [0, 0.05) is 11.4 Å². The number of para-hydroxylation sites is 1. The van der Waals surface area contributed by atoms with Gasteiger partial charge in [-0.2, -0.15) is 0 Å². The molecule has 0 atom stereocenters. The molecule has 2 aromatic carbocycles. The number of hydrogen-bond acceptors (Lipinski definition) is 2. The normalized spacial score (nSPS) is 10.8. The molecule has 2 aromatic rings. The molecule has 122 valence electrons. The molecule has 4 heteroatoms. The molecule has 0 saturated heterocycles. The zero-order valence-corrected chi connectivity index (χ0v) is 14.5. The van der Waals surface area contributed by atoms with Crippen molar-refractivity contribution in [3.05, 3.63) is 65.0 Å². The number of halogens is 1. The lowest BCUT2D eigenvalue weighted by Crippen LogP contribution is -2.16. The summed E-state index contributed by atoms with van der Waals surface area (Å²) in [6.07, 6.45) is 0. The van der Waals surface area contributed by atoms with Crippen LogP contribution < -0.4 is 5.32 Å². The molecular weight excluding hydrogens is 309 g/mol. The topological polar surface area (TPSA) is 29.1 Å². The third-order valence-corrected chi connectivity index (χ3v) is 4.59. The average Bonchev–Trinajstić information content (AvgIpc) is 2.49. The lowest BCUT2D eigenvalue weighted by atomic mass is 9.98. The van der Waals surface area contributed by atoms with Crippen molar-refractivity contribution in [2.75, 3.05) is 11.1 Å². The molecule has 0 fully saturated rings. The van der Waals surface area contributed by atoms with Gasteiger partial charge in [0.05, 0.1) is 5.75 Å². The van der Waals surface area contributed by atoms with Crippen molar-refractivity contribution in [3.8, 4) is 0 Å². The van der Waals surface area contributed by atoms with Crippen LogP contribution in [0.3, 0.4) is 0 Å². The second-order valence-electron chi connectivity index (χ2n) is 5.86. The van der Waals surface area contributed by atoms with Gasteiger partial charge in [0.1, 0.15) is 5.82 Å². The summed E-state index contributed by atoms with van der Waals surface area (Å²) in [5.41, 5.74) is 4.02. The Morgan fingerprint density at radius 2 is 1.96 bits per heavy atom. The minimum Gasteiger partial charge on any atom is -0.325 e. The molecule has 0 heterocycles. The second kappa shape index (κ2) is 8.16. The van der Waals surface area contributed by atoms with E-state index in [2.05, 4.69) is 19.2 Å². The van der Waals surface area contributed by atoms with E-state index in [-0.39, 0.29) is 11.7 Å². The third-order valence-electron chi connectivity index (χ3n) is 3.58. The van der Waals surface area contributed by atoms with Crippen molar-refractivity contribution in [2.45, 2.75) is 32.4 Å². The fourth-order valence-electron chi connectivity index (χ4n) is 2.41. The number of hydrogen-bond donors (Lipinski definition) is 1. The molecule has 0 aromatic heterocycles. The number of anilines is 1. The summed E-state index contributed by atoms with van der Waals surface area (Å²) >= 11 is 1.48. The zero-order chi connectivity index (χ0) is 16.8. The van der Waals surface area contributed by atoms with Crippen molar-refractivity contribution < 1.29 is 9.18 Å². The lowest BCUT2D eigenvalue weighted by Gasteiger charge is -2.16. The van der Waals surface area contributed by atoms with E-state index in [9.17, 15) is 9.18 Å². The minimum atomic E-state index is -0.242. The zero-order valence-electron chi connectivity index (χ0n) is 13.7. The average molecular weight is 331 g/mol. The van der Waals surface area contributed by atoms with Crippen LogP contribution in [-0.2, 0) is 10.5 Å². The molecular formula is C19H22FNOS. The Balaban J connectivity index is 1.93. The van der Waals surface area contributed by atoms with E-state index < -0.39 is 0 Å². The Morgan fingerprint density at radius 1 is 1.22 bits per heavy atom. The van der Waals surface area contributed by atoms with Crippen LogP contribution in [0.5, 0.6) is 0 Å². The van der Waals surface area contributed by atoms with Crippen molar-refractivity contribution >= 4 is 23.4 Å². The van der Waals surface area contributed by atoms with Crippen molar-refractivity contribution in [2.24, 2.45) is 0 Å². The van der Waals surface area contributed by atoms with Crippen LogP contribution in [0.1, 0.15) is 36.5 Å². The highest BCUT2D eigenvalue weighted by atomic mass is 32.2. The molecule has 0 aliphatic heterocycles. The Bertz CT molecular complexity index is 685. The molecule has 1 N–H and O–H groups in total. The fourth-order valence-corrected chi connectivity index (χ4v) is 3.18. The Hall–Kier alpha value is -1.81. The number of nitrogens with one attached hydrogen (secondary N) is 1. The minimum absolute atomic E-state index is 0.0254. The summed E-state index contributed by atoms with van der Waals surface area (Å²) in [6.45, 7) is 6.23. The molecule has 0 unspecified atom stereocenters. The first-order valence-electron chi connectivity index (χ1n) is 7.69. The largest absolute Gasteiger partial charge is 0.325 e. The van der Waals surface area contributed by atoms with E-state index in [1.807, 2.05) is 31.2 Å². The van der Waals surface area contributed by atoms with Crippen molar-refractivity contribution in [3.63, 3.8) is 0 Å². The summed E-state index contributed by atoms with van der Waals surface area (Å²) in [7, 11) is 0. The van der Waals surface area contributed by atoms with Crippen LogP contribution in [0.25, 0.3) is 0 Å². The van der Waals surface area contributed by atoms with E-state index in [0.717, 1.165) is 22.4 Å². The number of carbonyl (C=O) groups is 1. The third kappa shape index (κ3) is 5.10. The highest BCUT2D eigenvalue weighted by molar-refractivity contribution is 7.99. The molecule has 2 rings (SSSR count). The van der Waals surface area contributed by atoms with E-state index in [4.69, 9.17) is 0 Å². The molecule has 2 nitrogen and oxygen atoms in total. The van der Waals surface area contributed by atoms with Gasteiger partial charge >= 0.3 is 0 Å². The van der Waals surface area contributed by atoms with Gasteiger partial charge in [-0.05, 0) is 41.7 Å². The Morgan fingerprint density at radius 3 is 2.65 bits per heavy atom. The maximum absolute atomic E-state index is 13.1. The fraction of sp³-hybridized carbons (Fsp3) is 0.316. The van der Waals surface area contributed by atoms with Gasteiger partial charge in [-0.3, -0.25) is 4.79 Å². The standard InChI is InChI=1S/C19H22FNOS/c1-13(2)17-9-4-6-14(3)19(17)21-18(22)12-23-11-15-7-5-8-16(20)10-15/h4-10,13H,11-12H2,1-3H3,(H,21,22). The van der Waals surface area contributed by atoms with Crippen LogP contribution >= 0.6 is 11.8 Å². The maximum Gasteiger partial charge on any atom is 0.234 e. The van der Waals surface area contributed by atoms with Crippen LogP contribution in [0.4, 0.5) is 10.1 Å². The number of carbonyl (C=O) groups excluding carboxylic acids is 1. The molecule has 0 aliphatic rings. The molecule has 0 saturated carbocycles. The Kier molecular flexibility index (Phi) is 6.22. The van der Waals surface area contributed by atoms with E-state index in [1.54, 1.807) is 6.07 Å². The highest BCUT2D eigenvalue weighted by Crippen LogP contribution is 2.27. The first-order valence-corrected chi connectivity index (χ1v) is 8.84. The van der Waals surface area contributed by atoms with Crippen LogP contribution in [0, 0.1) is 12.7 Å². The van der Waals surface area contributed by atoms with Crippen molar-refractivity contribution in [1.29, 1.82) is 0 Å². The van der Waals surface area contributed by atoms with Crippen LogP contribution in [0.2, 0.25) is 0 Å². The molecule has 0 aliphatic carbocycles. The monoisotopic (exact) mass is 331 g/mol. The summed E-state index contributed by atoms with van der Waals surface area (Å²) in [5, 5.41) is 3.02. The number of amides is 1. The number of rotatable bonds is 6. The quantitative estimate of drug-likeness (QED) is 0.795. The summed E-state index contributed by atoms with van der Waals surface area (Å²) in [4.78, 5) is 12.2. The van der Waals surface area contributed by atoms with Crippen LogP contribution in [-0.4, -0.2) is 11.7 Å². The molecule has 1 amide bonds. The number of thioether (sulfide) groups is 1. The van der Waals surface area contributed by atoms with Gasteiger partial charge in [-0.1, -0.05) is 44.2 Å². The molecule has 0 spiro atoms. The smallest absolute Gasteiger partial charge is 0.234 e.